The summed E-state index contributed by atoms with van der Waals surface area (Å²) in [6.45, 7) is 1.68. The molecule has 1 spiro atoms. The van der Waals surface area contributed by atoms with Gasteiger partial charge < -0.3 is 15.4 Å². The van der Waals surface area contributed by atoms with Crippen LogP contribution in [0.25, 0.3) is 0 Å². The molecule has 0 aliphatic carbocycles. The fourth-order valence-corrected chi connectivity index (χ4v) is 2.68. The Hall–Kier alpha value is -1.88. The highest BCUT2D eigenvalue weighted by atomic mass is 16.5. The number of rotatable bonds is 2. The number of amides is 1. The Balaban J connectivity index is 1.99. The molecule has 0 radical (unpaired) electrons. The number of hydrogen-bond acceptors (Lipinski definition) is 4. The molecule has 100 valence electrons. The summed E-state index contributed by atoms with van der Waals surface area (Å²) in [5.74, 6) is 0.561. The van der Waals surface area contributed by atoms with E-state index in [0.29, 0.717) is 18.0 Å². The predicted octanol–water partition coefficient (Wildman–Crippen LogP) is 0.694. The van der Waals surface area contributed by atoms with Crippen molar-refractivity contribution in [3.63, 3.8) is 0 Å². The van der Waals surface area contributed by atoms with E-state index in [9.17, 15) is 4.79 Å². The second-order valence-electron chi connectivity index (χ2n) is 4.93. The van der Waals surface area contributed by atoms with Gasteiger partial charge in [0.1, 0.15) is 17.1 Å². The maximum atomic E-state index is 12.2. The number of piperidine rings is 1. The van der Waals surface area contributed by atoms with Crippen LogP contribution >= 0.6 is 0 Å². The van der Waals surface area contributed by atoms with Gasteiger partial charge >= 0.3 is 0 Å². The number of methoxy groups -OCH3 is 1. The number of benzene rings is 1. The van der Waals surface area contributed by atoms with Gasteiger partial charge in [-0.25, -0.2) is 4.99 Å². The van der Waals surface area contributed by atoms with Crippen LogP contribution in [0, 0.1) is 0 Å². The van der Waals surface area contributed by atoms with Gasteiger partial charge in [-0.15, -0.1) is 0 Å². The van der Waals surface area contributed by atoms with Gasteiger partial charge in [0.05, 0.1) is 7.11 Å². The highest BCUT2D eigenvalue weighted by molar-refractivity contribution is 6.47. The lowest BCUT2D eigenvalue weighted by Gasteiger charge is -2.30. The van der Waals surface area contributed by atoms with Crippen LogP contribution in [0.2, 0.25) is 0 Å². The third-order valence-corrected chi connectivity index (χ3v) is 3.61. The molecule has 1 aromatic rings. The van der Waals surface area contributed by atoms with Gasteiger partial charge in [0, 0.05) is 12.1 Å². The van der Waals surface area contributed by atoms with Crippen molar-refractivity contribution < 1.29 is 9.53 Å². The van der Waals surface area contributed by atoms with Gasteiger partial charge in [-0.2, -0.15) is 0 Å². The smallest absolute Gasteiger partial charge is 0.272 e. The molecule has 1 fully saturated rings. The van der Waals surface area contributed by atoms with Gasteiger partial charge in [-0.1, -0.05) is 12.1 Å². The van der Waals surface area contributed by atoms with E-state index in [1.54, 1.807) is 7.11 Å². The third-order valence-electron chi connectivity index (χ3n) is 3.61. The molecule has 1 aromatic carbocycles. The first kappa shape index (κ1) is 12.2. The van der Waals surface area contributed by atoms with Crippen molar-refractivity contribution >= 4 is 11.6 Å². The molecule has 5 nitrogen and oxygen atoms in total. The molecule has 0 unspecified atom stereocenters. The van der Waals surface area contributed by atoms with E-state index in [0.717, 1.165) is 24.9 Å². The second-order valence-corrected chi connectivity index (χ2v) is 4.93. The number of ether oxygens (including phenoxy) is 1. The maximum Gasteiger partial charge on any atom is 0.272 e. The normalized spacial score (nSPS) is 26.2. The van der Waals surface area contributed by atoms with Crippen molar-refractivity contribution in [1.29, 1.82) is 0 Å². The predicted molar refractivity (Wildman–Crippen MR) is 72.5 cm³/mol. The van der Waals surface area contributed by atoms with Crippen molar-refractivity contribution in [3.8, 4) is 5.75 Å². The van der Waals surface area contributed by atoms with Crippen LogP contribution in [0.4, 0.5) is 0 Å². The molecule has 1 saturated heterocycles. The van der Waals surface area contributed by atoms with E-state index >= 15 is 0 Å². The highest BCUT2D eigenvalue weighted by Crippen LogP contribution is 2.27. The standard InChI is InChI=1S/C14H17N3O2/c1-19-11-6-3-2-5-10(11)12-13(18)17-14(16-12)7-4-8-15-9-14/h2-3,5-6,15H,4,7-9H2,1H3,(H,17,18)/t14-/m1/s1. The first-order valence-electron chi connectivity index (χ1n) is 6.51. The molecule has 2 aliphatic heterocycles. The van der Waals surface area contributed by atoms with E-state index < -0.39 is 5.66 Å². The van der Waals surface area contributed by atoms with Gasteiger partial charge in [-0.3, -0.25) is 4.79 Å². The fourth-order valence-electron chi connectivity index (χ4n) is 2.68. The zero-order valence-corrected chi connectivity index (χ0v) is 10.9. The molecule has 2 heterocycles. The first-order chi connectivity index (χ1) is 9.24. The average molecular weight is 259 g/mol. The third kappa shape index (κ3) is 2.10. The minimum absolute atomic E-state index is 0.117. The SMILES string of the molecule is COc1ccccc1C1=N[C@]2(CCCNC2)NC1=O. The number of nitrogens with zero attached hydrogens (tertiary/aromatic N) is 1. The van der Waals surface area contributed by atoms with Crippen LogP contribution in [-0.2, 0) is 4.79 Å². The largest absolute Gasteiger partial charge is 0.496 e. The van der Waals surface area contributed by atoms with Gasteiger partial charge in [0.2, 0.25) is 0 Å². The van der Waals surface area contributed by atoms with Gasteiger partial charge in [0.25, 0.3) is 5.91 Å². The summed E-state index contributed by atoms with van der Waals surface area (Å²) in [6, 6.07) is 7.48. The van der Waals surface area contributed by atoms with Crippen LogP contribution in [0.5, 0.6) is 5.75 Å². The van der Waals surface area contributed by atoms with Crippen LogP contribution < -0.4 is 15.4 Å². The lowest BCUT2D eigenvalue weighted by molar-refractivity contribution is -0.115. The summed E-state index contributed by atoms with van der Waals surface area (Å²) in [5, 5.41) is 6.29. The Kier molecular flexibility index (Phi) is 2.98. The fraction of sp³-hybridized carbons (Fsp3) is 0.429. The lowest BCUT2D eigenvalue weighted by Crippen LogP contribution is -2.53. The number of aliphatic imine (C=N–C) groups is 1. The Morgan fingerprint density at radius 2 is 2.21 bits per heavy atom. The Labute approximate surface area is 112 Å². The molecule has 2 aliphatic rings. The number of hydrogen-bond donors (Lipinski definition) is 2. The van der Waals surface area contributed by atoms with Crippen molar-refractivity contribution in [3.05, 3.63) is 29.8 Å². The second kappa shape index (κ2) is 4.66. The van der Waals surface area contributed by atoms with Crippen LogP contribution in [0.15, 0.2) is 29.3 Å². The Morgan fingerprint density at radius 3 is 2.95 bits per heavy atom. The molecule has 19 heavy (non-hydrogen) atoms. The van der Waals surface area contributed by atoms with E-state index in [-0.39, 0.29) is 5.91 Å². The Bertz CT molecular complexity index is 533. The summed E-state index contributed by atoms with van der Waals surface area (Å²) in [6.07, 6.45) is 1.90. The zero-order chi connectivity index (χ0) is 13.3. The average Bonchev–Trinajstić information content (AvgIpc) is 2.76. The number of para-hydroxylation sites is 1. The summed E-state index contributed by atoms with van der Waals surface area (Å²) in [4.78, 5) is 16.8. The lowest BCUT2D eigenvalue weighted by atomic mass is 10.0. The van der Waals surface area contributed by atoms with Crippen molar-refractivity contribution in [2.24, 2.45) is 4.99 Å². The molecular formula is C14H17N3O2. The van der Waals surface area contributed by atoms with Crippen LogP contribution in [0.1, 0.15) is 18.4 Å². The van der Waals surface area contributed by atoms with E-state index in [4.69, 9.17) is 4.74 Å². The molecule has 0 bridgehead atoms. The molecule has 1 amide bonds. The van der Waals surface area contributed by atoms with Crippen LogP contribution in [-0.4, -0.2) is 37.5 Å². The molecule has 0 aromatic heterocycles. The number of nitrogens with one attached hydrogen (secondary N) is 2. The molecule has 1 atom stereocenters. The minimum atomic E-state index is -0.467. The minimum Gasteiger partial charge on any atom is -0.496 e. The molecule has 2 N–H and O–H groups in total. The van der Waals surface area contributed by atoms with Crippen molar-refractivity contribution in [1.82, 2.24) is 10.6 Å². The molecule has 0 saturated carbocycles. The van der Waals surface area contributed by atoms with Gasteiger partial charge in [-0.05, 0) is 31.5 Å². The van der Waals surface area contributed by atoms with Gasteiger partial charge in [0.15, 0.2) is 0 Å². The number of carbonyl (C=O) groups is 1. The summed E-state index contributed by atoms with van der Waals surface area (Å²) >= 11 is 0. The van der Waals surface area contributed by atoms with E-state index in [1.165, 1.54) is 0 Å². The maximum absolute atomic E-state index is 12.2. The van der Waals surface area contributed by atoms with Crippen molar-refractivity contribution in [2.45, 2.75) is 18.5 Å². The summed E-state index contributed by atoms with van der Waals surface area (Å²) in [7, 11) is 1.60. The van der Waals surface area contributed by atoms with E-state index in [1.807, 2.05) is 24.3 Å². The van der Waals surface area contributed by atoms with E-state index in [2.05, 4.69) is 15.6 Å². The topological polar surface area (TPSA) is 62.7 Å². The summed E-state index contributed by atoms with van der Waals surface area (Å²) < 4.78 is 5.31. The number of carbonyl (C=O) groups excluding carboxylic acids is 1. The quantitative estimate of drug-likeness (QED) is 0.821. The summed E-state index contributed by atoms with van der Waals surface area (Å²) in [5.41, 5.74) is 0.761. The van der Waals surface area contributed by atoms with Crippen LogP contribution in [0.3, 0.4) is 0 Å². The van der Waals surface area contributed by atoms with Crippen molar-refractivity contribution in [2.75, 3.05) is 20.2 Å². The first-order valence-corrected chi connectivity index (χ1v) is 6.51. The Morgan fingerprint density at radius 1 is 1.37 bits per heavy atom. The molecular weight excluding hydrogens is 242 g/mol. The zero-order valence-electron chi connectivity index (χ0n) is 10.9. The molecule has 5 heteroatoms. The monoisotopic (exact) mass is 259 g/mol. The highest BCUT2D eigenvalue weighted by Gasteiger charge is 2.41. The molecule has 3 rings (SSSR count).